The van der Waals surface area contributed by atoms with E-state index in [2.05, 4.69) is 0 Å². The van der Waals surface area contributed by atoms with Gasteiger partial charge in [0.2, 0.25) is 0 Å². The first-order chi connectivity index (χ1) is 9.16. The third-order valence-electron chi connectivity index (χ3n) is 2.82. The van der Waals surface area contributed by atoms with Crippen LogP contribution in [0.4, 0.5) is 5.69 Å². The molecule has 0 spiro atoms. The topological polar surface area (TPSA) is 72.7 Å². The van der Waals surface area contributed by atoms with Crippen molar-refractivity contribution in [3.8, 4) is 5.75 Å². The second-order valence-corrected chi connectivity index (χ2v) is 4.14. The van der Waals surface area contributed by atoms with E-state index in [-0.39, 0.29) is 18.2 Å². The number of carbonyl (C=O) groups is 1. The Hall–Kier alpha value is -2.37. The number of benzene rings is 1. The first kappa shape index (κ1) is 13.1. The van der Waals surface area contributed by atoms with Crippen LogP contribution in [-0.4, -0.2) is 35.4 Å². The average Bonchev–Trinajstić information content (AvgIpc) is 2.46. The van der Waals surface area contributed by atoms with E-state index in [9.17, 15) is 14.9 Å². The molecule has 0 bridgehead atoms. The van der Waals surface area contributed by atoms with E-state index in [0.29, 0.717) is 18.8 Å². The van der Waals surface area contributed by atoms with Gasteiger partial charge in [-0.1, -0.05) is 12.2 Å². The van der Waals surface area contributed by atoms with Crippen molar-refractivity contribution in [1.29, 1.82) is 0 Å². The zero-order valence-electron chi connectivity index (χ0n) is 10.3. The van der Waals surface area contributed by atoms with Gasteiger partial charge in [-0.2, -0.15) is 0 Å². The quantitative estimate of drug-likeness (QED) is 0.471. The van der Waals surface area contributed by atoms with E-state index in [4.69, 9.17) is 4.74 Å². The van der Waals surface area contributed by atoms with E-state index >= 15 is 0 Å². The Morgan fingerprint density at radius 2 is 2.05 bits per heavy atom. The second-order valence-electron chi connectivity index (χ2n) is 4.14. The van der Waals surface area contributed by atoms with Crippen molar-refractivity contribution >= 4 is 11.6 Å². The van der Waals surface area contributed by atoms with Crippen LogP contribution in [0.2, 0.25) is 0 Å². The fourth-order valence-electron chi connectivity index (χ4n) is 1.77. The number of nitro benzene ring substituents is 1. The number of nitrogens with zero attached hydrogens (tertiary/aromatic N) is 2. The maximum Gasteiger partial charge on any atom is 0.269 e. The molecule has 1 aliphatic heterocycles. The van der Waals surface area contributed by atoms with Crippen LogP contribution in [0.15, 0.2) is 36.4 Å². The number of hydrogen-bond donors (Lipinski definition) is 0. The molecule has 100 valence electrons. The lowest BCUT2D eigenvalue weighted by molar-refractivity contribution is -0.384. The Labute approximate surface area is 110 Å². The molecule has 0 unspecified atom stereocenters. The summed E-state index contributed by atoms with van der Waals surface area (Å²) in [7, 11) is 0. The normalized spacial score (nSPS) is 14.2. The fourth-order valence-corrected chi connectivity index (χ4v) is 1.77. The predicted molar refractivity (Wildman–Crippen MR) is 68.9 cm³/mol. The molecule has 1 aromatic carbocycles. The summed E-state index contributed by atoms with van der Waals surface area (Å²) in [4.78, 5) is 23.5. The van der Waals surface area contributed by atoms with Crippen molar-refractivity contribution in [3.05, 3.63) is 46.5 Å². The predicted octanol–water partition coefficient (Wildman–Crippen LogP) is 1.76. The molecule has 0 radical (unpaired) electrons. The number of hydrogen-bond acceptors (Lipinski definition) is 4. The molecule has 1 aliphatic rings. The summed E-state index contributed by atoms with van der Waals surface area (Å²) in [6, 6.07) is 5.68. The molecule has 0 saturated carbocycles. The molecule has 0 aromatic heterocycles. The molecule has 0 atom stereocenters. The minimum absolute atomic E-state index is 0.000144. The van der Waals surface area contributed by atoms with Gasteiger partial charge in [0.15, 0.2) is 6.61 Å². The van der Waals surface area contributed by atoms with Crippen LogP contribution in [-0.2, 0) is 4.79 Å². The van der Waals surface area contributed by atoms with Crippen molar-refractivity contribution in [2.75, 3.05) is 19.7 Å². The number of ether oxygens (including phenoxy) is 1. The lowest BCUT2D eigenvalue weighted by Crippen LogP contribution is -2.37. The number of non-ortho nitro benzene ring substituents is 1. The largest absolute Gasteiger partial charge is 0.484 e. The Kier molecular flexibility index (Phi) is 4.12. The third-order valence-corrected chi connectivity index (χ3v) is 2.82. The number of carbonyl (C=O) groups excluding carboxylic acids is 1. The molecule has 1 amide bonds. The van der Waals surface area contributed by atoms with Crippen molar-refractivity contribution < 1.29 is 14.5 Å². The summed E-state index contributed by atoms with van der Waals surface area (Å²) in [5.41, 5.74) is -0.000144. The zero-order valence-corrected chi connectivity index (χ0v) is 10.3. The van der Waals surface area contributed by atoms with Gasteiger partial charge in [-0.15, -0.1) is 0 Å². The number of amides is 1. The summed E-state index contributed by atoms with van der Waals surface area (Å²) in [6.07, 6.45) is 4.86. The van der Waals surface area contributed by atoms with Gasteiger partial charge in [-0.3, -0.25) is 14.9 Å². The van der Waals surface area contributed by atoms with Crippen LogP contribution in [0.25, 0.3) is 0 Å². The van der Waals surface area contributed by atoms with Crippen molar-refractivity contribution in [3.63, 3.8) is 0 Å². The molecule has 0 fully saturated rings. The zero-order chi connectivity index (χ0) is 13.7. The van der Waals surface area contributed by atoms with E-state index in [1.807, 2.05) is 12.2 Å². The second kappa shape index (κ2) is 5.99. The average molecular weight is 262 g/mol. The van der Waals surface area contributed by atoms with Crippen LogP contribution >= 0.6 is 0 Å². The van der Waals surface area contributed by atoms with E-state index in [1.54, 1.807) is 4.90 Å². The van der Waals surface area contributed by atoms with Crippen LogP contribution in [0.1, 0.15) is 6.42 Å². The molecule has 6 heteroatoms. The molecular formula is C13H14N2O4. The highest BCUT2D eigenvalue weighted by Crippen LogP contribution is 2.17. The number of rotatable bonds is 4. The third kappa shape index (κ3) is 3.54. The van der Waals surface area contributed by atoms with Gasteiger partial charge in [0, 0.05) is 25.2 Å². The van der Waals surface area contributed by atoms with Crippen molar-refractivity contribution in [2.24, 2.45) is 0 Å². The van der Waals surface area contributed by atoms with Crippen LogP contribution in [0, 0.1) is 10.1 Å². The van der Waals surface area contributed by atoms with E-state index < -0.39 is 4.92 Å². The van der Waals surface area contributed by atoms with Crippen LogP contribution < -0.4 is 4.74 Å². The highest BCUT2D eigenvalue weighted by molar-refractivity contribution is 5.78. The highest BCUT2D eigenvalue weighted by Gasteiger charge is 2.14. The minimum Gasteiger partial charge on any atom is -0.484 e. The molecule has 2 rings (SSSR count). The molecule has 0 saturated heterocycles. The molecule has 1 aromatic rings. The monoisotopic (exact) mass is 262 g/mol. The van der Waals surface area contributed by atoms with Gasteiger partial charge >= 0.3 is 0 Å². The van der Waals surface area contributed by atoms with Crippen molar-refractivity contribution in [1.82, 2.24) is 4.90 Å². The lowest BCUT2D eigenvalue weighted by Gasteiger charge is -2.23. The highest BCUT2D eigenvalue weighted by atomic mass is 16.6. The fraction of sp³-hybridized carbons (Fsp3) is 0.308. The van der Waals surface area contributed by atoms with Crippen molar-refractivity contribution in [2.45, 2.75) is 6.42 Å². The van der Waals surface area contributed by atoms with Gasteiger partial charge in [0.05, 0.1) is 4.92 Å². The van der Waals surface area contributed by atoms with Gasteiger partial charge in [-0.05, 0) is 18.6 Å². The maximum absolute atomic E-state index is 11.8. The Morgan fingerprint density at radius 1 is 1.32 bits per heavy atom. The number of nitro groups is 1. The van der Waals surface area contributed by atoms with Gasteiger partial charge in [-0.25, -0.2) is 0 Å². The summed E-state index contributed by atoms with van der Waals surface area (Å²) < 4.78 is 5.32. The summed E-state index contributed by atoms with van der Waals surface area (Å²) in [6.45, 7) is 1.27. The SMILES string of the molecule is O=C(COc1ccc([N+](=O)[O-])cc1)N1CC=CCC1. The Morgan fingerprint density at radius 3 is 2.63 bits per heavy atom. The molecular weight excluding hydrogens is 248 g/mol. The molecule has 6 nitrogen and oxygen atoms in total. The molecule has 0 aliphatic carbocycles. The van der Waals surface area contributed by atoms with E-state index in [0.717, 1.165) is 6.42 Å². The summed E-state index contributed by atoms with van der Waals surface area (Å²) in [5.74, 6) is 0.370. The standard InChI is InChI=1S/C13H14N2O4/c16-13(14-8-2-1-3-9-14)10-19-12-6-4-11(5-7-12)15(17)18/h1-2,4-7H,3,8-10H2. The Bertz CT molecular complexity index is 496. The first-order valence-corrected chi connectivity index (χ1v) is 5.97. The Balaban J connectivity index is 1.86. The summed E-state index contributed by atoms with van der Waals surface area (Å²) >= 11 is 0. The van der Waals surface area contributed by atoms with Crippen LogP contribution in [0.5, 0.6) is 5.75 Å². The van der Waals surface area contributed by atoms with Gasteiger partial charge in [0.1, 0.15) is 5.75 Å². The molecule has 1 heterocycles. The summed E-state index contributed by atoms with van der Waals surface area (Å²) in [5, 5.41) is 10.5. The van der Waals surface area contributed by atoms with Gasteiger partial charge in [0.25, 0.3) is 11.6 Å². The molecule has 0 N–H and O–H groups in total. The smallest absolute Gasteiger partial charge is 0.269 e. The van der Waals surface area contributed by atoms with Gasteiger partial charge < -0.3 is 9.64 Å². The molecule has 19 heavy (non-hydrogen) atoms. The first-order valence-electron chi connectivity index (χ1n) is 5.97. The lowest BCUT2D eigenvalue weighted by atomic mass is 10.2. The maximum atomic E-state index is 11.8. The van der Waals surface area contributed by atoms with E-state index in [1.165, 1.54) is 24.3 Å². The minimum atomic E-state index is -0.477. The van der Waals surface area contributed by atoms with Crippen LogP contribution in [0.3, 0.4) is 0 Å².